The van der Waals surface area contributed by atoms with E-state index < -0.39 is 35.2 Å². The van der Waals surface area contributed by atoms with Crippen LogP contribution in [0.5, 0.6) is 0 Å². The molecule has 15 heteroatoms. The number of rotatable bonds is 6. The number of methoxy groups -OCH3 is 2. The molecule has 2 heterocycles. The molecule has 6 aromatic rings. The summed E-state index contributed by atoms with van der Waals surface area (Å²) >= 11 is 3.95. The summed E-state index contributed by atoms with van der Waals surface area (Å²) in [5, 5.41) is 7.45. The number of carbonyl (C=O) groups is 2. The molecule has 0 bridgehead atoms. The van der Waals surface area contributed by atoms with E-state index in [9.17, 15) is 27.2 Å². The van der Waals surface area contributed by atoms with E-state index in [0.29, 0.717) is 9.40 Å². The van der Waals surface area contributed by atoms with Gasteiger partial charge in [0.1, 0.15) is 22.7 Å². The predicted molar refractivity (Wildman–Crippen MR) is 169 cm³/mol. The maximum Gasteiger partial charge on any atom is 0.338 e. The van der Waals surface area contributed by atoms with Crippen LogP contribution in [0.1, 0.15) is 43.0 Å². The van der Waals surface area contributed by atoms with Crippen LogP contribution in [-0.4, -0.2) is 45.3 Å². The molecule has 45 heavy (non-hydrogen) atoms. The third kappa shape index (κ3) is 6.79. The van der Waals surface area contributed by atoms with Gasteiger partial charge in [-0.3, -0.25) is 0 Å². The largest absolute Gasteiger partial charge is 0.465 e. The third-order valence-electron chi connectivity index (χ3n) is 6.69. The van der Waals surface area contributed by atoms with Crippen LogP contribution in [0.2, 0.25) is 0 Å². The highest BCUT2D eigenvalue weighted by Gasteiger charge is 2.24. The fourth-order valence-corrected chi connectivity index (χ4v) is 6.11. The SMILES string of the molecule is COC(=O)c1cc2snnc2c(F)c1Cc1ccc(I)cc1F.COC(=O)c1cc2snnc2c(F)c1Cc1ccccc1F. The average molecular weight is 767 g/mol. The van der Waals surface area contributed by atoms with Crippen molar-refractivity contribution in [1.29, 1.82) is 0 Å². The lowest BCUT2D eigenvalue weighted by Gasteiger charge is -2.10. The second-order valence-corrected chi connectivity index (χ2v) is 12.2. The number of hydrogen-bond acceptors (Lipinski definition) is 10. The molecule has 4 aromatic carbocycles. The molecule has 8 nitrogen and oxygen atoms in total. The lowest BCUT2D eigenvalue weighted by molar-refractivity contribution is 0.0590. The van der Waals surface area contributed by atoms with Crippen molar-refractivity contribution in [3.8, 4) is 0 Å². The van der Waals surface area contributed by atoms with E-state index >= 15 is 0 Å². The number of carbonyl (C=O) groups excluding carboxylic acids is 2. The summed E-state index contributed by atoms with van der Waals surface area (Å²) in [6, 6.07) is 13.6. The zero-order valence-corrected chi connectivity index (χ0v) is 27.0. The second-order valence-electron chi connectivity index (χ2n) is 9.34. The van der Waals surface area contributed by atoms with Gasteiger partial charge in [-0.25, -0.2) is 27.2 Å². The zero-order valence-electron chi connectivity index (χ0n) is 23.2. The molecule has 0 amide bonds. The summed E-state index contributed by atoms with van der Waals surface area (Å²) < 4.78 is 75.6. The van der Waals surface area contributed by atoms with Gasteiger partial charge >= 0.3 is 11.9 Å². The third-order valence-corrected chi connectivity index (χ3v) is 8.70. The van der Waals surface area contributed by atoms with E-state index in [2.05, 4.69) is 23.9 Å². The molecule has 0 fully saturated rings. The van der Waals surface area contributed by atoms with Gasteiger partial charge in [-0.1, -0.05) is 33.2 Å². The Balaban J connectivity index is 0.000000178. The number of fused-ring (bicyclic) bond motifs is 2. The van der Waals surface area contributed by atoms with Crippen molar-refractivity contribution in [2.75, 3.05) is 14.2 Å². The topological polar surface area (TPSA) is 104 Å². The van der Waals surface area contributed by atoms with E-state index in [1.165, 1.54) is 38.5 Å². The van der Waals surface area contributed by atoms with Crippen molar-refractivity contribution >= 4 is 78.0 Å². The first kappa shape index (κ1) is 32.3. The van der Waals surface area contributed by atoms with Crippen molar-refractivity contribution in [2.45, 2.75) is 12.8 Å². The molecule has 6 rings (SSSR count). The number of benzene rings is 4. The summed E-state index contributed by atoms with van der Waals surface area (Å²) in [5.41, 5.74) is 0.941. The van der Waals surface area contributed by atoms with Gasteiger partial charge in [-0.15, -0.1) is 10.2 Å². The van der Waals surface area contributed by atoms with E-state index in [1.54, 1.807) is 30.3 Å². The van der Waals surface area contributed by atoms with E-state index in [1.807, 2.05) is 22.6 Å². The van der Waals surface area contributed by atoms with E-state index in [4.69, 9.17) is 4.74 Å². The van der Waals surface area contributed by atoms with Crippen LogP contribution in [-0.2, 0) is 22.3 Å². The molecular weight excluding hydrogens is 747 g/mol. The van der Waals surface area contributed by atoms with Gasteiger partial charge in [0.05, 0.1) is 34.7 Å². The van der Waals surface area contributed by atoms with Crippen LogP contribution in [0.15, 0.2) is 54.6 Å². The predicted octanol–water partition coefficient (Wildman–Crippen LogP) is 7.30. The molecule has 0 radical (unpaired) electrons. The van der Waals surface area contributed by atoms with Gasteiger partial charge < -0.3 is 9.47 Å². The molecule has 0 aliphatic rings. The Morgan fingerprint density at radius 1 is 0.711 bits per heavy atom. The smallest absolute Gasteiger partial charge is 0.338 e. The summed E-state index contributed by atoms with van der Waals surface area (Å²) in [6.45, 7) is 0. The summed E-state index contributed by atoms with van der Waals surface area (Å²) in [5.74, 6) is -3.62. The van der Waals surface area contributed by atoms with E-state index in [0.717, 1.165) is 26.6 Å². The monoisotopic (exact) mass is 766 g/mol. The molecule has 0 saturated carbocycles. The maximum absolute atomic E-state index is 14.7. The van der Waals surface area contributed by atoms with Gasteiger partial charge in [0.2, 0.25) is 0 Å². The molecule has 0 N–H and O–H groups in total. The summed E-state index contributed by atoms with van der Waals surface area (Å²) in [4.78, 5) is 23.9. The van der Waals surface area contributed by atoms with Crippen LogP contribution in [0.25, 0.3) is 20.4 Å². The minimum atomic E-state index is -0.680. The molecule has 0 spiro atoms. The summed E-state index contributed by atoms with van der Waals surface area (Å²) in [7, 11) is 2.42. The first-order valence-corrected chi connectivity index (χ1v) is 15.5. The fraction of sp³-hybridized carbons (Fsp3) is 0.133. The molecule has 0 aliphatic heterocycles. The normalized spacial score (nSPS) is 10.9. The Hall–Kier alpha value is -4.09. The van der Waals surface area contributed by atoms with Gasteiger partial charge in [-0.2, -0.15) is 0 Å². The highest BCUT2D eigenvalue weighted by atomic mass is 127. The Morgan fingerprint density at radius 2 is 1.20 bits per heavy atom. The zero-order chi connectivity index (χ0) is 32.2. The Bertz CT molecular complexity index is 2070. The van der Waals surface area contributed by atoms with Crippen LogP contribution >= 0.6 is 45.7 Å². The molecule has 2 aromatic heterocycles. The van der Waals surface area contributed by atoms with Gasteiger partial charge in [0, 0.05) is 27.5 Å². The van der Waals surface area contributed by atoms with E-state index in [-0.39, 0.29) is 57.3 Å². The molecule has 0 atom stereocenters. The first-order chi connectivity index (χ1) is 21.6. The number of hydrogen-bond donors (Lipinski definition) is 0. The van der Waals surface area contributed by atoms with Crippen LogP contribution in [0, 0.1) is 26.8 Å². The molecule has 0 saturated heterocycles. The van der Waals surface area contributed by atoms with Crippen LogP contribution in [0.4, 0.5) is 17.6 Å². The van der Waals surface area contributed by atoms with Crippen molar-refractivity contribution in [2.24, 2.45) is 0 Å². The molecule has 230 valence electrons. The molecule has 0 aliphatic carbocycles. The second kappa shape index (κ2) is 13.9. The standard InChI is InChI=1S/C15H9F2IN2O2S.C15H10F2N2O2S/c1-22-15(21)10-6-12-14(19-20-23-12)13(17)9(10)4-7-2-3-8(18)5-11(7)16;1-21-15(20)10-7-12-14(18-19-22-12)13(17)9(10)6-8-4-2-3-5-11(8)16/h2-3,5-6H,4H2,1H3;2-5,7H,6H2,1H3. The number of ether oxygens (including phenoxy) is 2. The molecular formula is C30H19F4IN4O4S2. The number of aromatic nitrogens is 4. The van der Waals surface area contributed by atoms with Crippen LogP contribution in [0.3, 0.4) is 0 Å². The average Bonchev–Trinajstić information content (AvgIpc) is 3.71. The van der Waals surface area contributed by atoms with Crippen molar-refractivity contribution in [1.82, 2.24) is 19.2 Å². The lowest BCUT2D eigenvalue weighted by Crippen LogP contribution is -2.09. The summed E-state index contributed by atoms with van der Waals surface area (Å²) in [6.07, 6.45) is -0.150. The quantitative estimate of drug-likeness (QED) is 0.0990. The molecule has 0 unspecified atom stereocenters. The number of esters is 2. The highest BCUT2D eigenvalue weighted by molar-refractivity contribution is 14.1. The van der Waals surface area contributed by atoms with Crippen molar-refractivity contribution in [3.63, 3.8) is 0 Å². The Labute approximate surface area is 274 Å². The highest BCUT2D eigenvalue weighted by Crippen LogP contribution is 2.30. The van der Waals surface area contributed by atoms with Gasteiger partial charge in [-0.05, 0) is 87.1 Å². The van der Waals surface area contributed by atoms with Crippen LogP contribution < -0.4 is 0 Å². The first-order valence-electron chi connectivity index (χ1n) is 12.8. The Kier molecular flexibility index (Phi) is 9.99. The maximum atomic E-state index is 14.7. The van der Waals surface area contributed by atoms with Gasteiger partial charge in [0.25, 0.3) is 0 Å². The number of halogens is 5. The minimum absolute atomic E-state index is 0.0529. The Morgan fingerprint density at radius 3 is 1.67 bits per heavy atom. The van der Waals surface area contributed by atoms with Crippen molar-refractivity contribution < 1.29 is 36.6 Å². The fourth-order valence-electron chi connectivity index (χ4n) is 4.47. The minimum Gasteiger partial charge on any atom is -0.465 e. The number of nitrogens with zero attached hydrogens (tertiary/aromatic N) is 4. The van der Waals surface area contributed by atoms with Gasteiger partial charge in [0.15, 0.2) is 11.6 Å². The van der Waals surface area contributed by atoms with Crippen molar-refractivity contribution in [3.05, 3.63) is 115 Å². The lowest BCUT2D eigenvalue weighted by atomic mass is 9.98.